The van der Waals surface area contributed by atoms with E-state index in [1.54, 1.807) is 0 Å². The number of carboxylic acid groups (broad SMARTS) is 1. The zero-order valence-corrected chi connectivity index (χ0v) is 13.2. The number of carboxylic acids is 1. The fraction of sp³-hybridized carbons (Fsp3) is 0.875. The molecule has 1 saturated carbocycles. The van der Waals surface area contributed by atoms with Crippen LogP contribution < -0.4 is 5.32 Å². The minimum Gasteiger partial charge on any atom is -0.481 e. The number of aliphatic hydroxyl groups excluding tert-OH is 1. The molecule has 1 aliphatic rings. The first-order chi connectivity index (χ1) is 9.92. The number of aliphatic carboxylic acids is 1. The van der Waals surface area contributed by atoms with E-state index < -0.39 is 12.1 Å². The molecule has 0 aromatic carbocycles. The van der Waals surface area contributed by atoms with Crippen LogP contribution in [-0.4, -0.2) is 34.7 Å². The largest absolute Gasteiger partial charge is 0.481 e. The summed E-state index contributed by atoms with van der Waals surface area (Å²) < 4.78 is 0. The van der Waals surface area contributed by atoms with Gasteiger partial charge in [0.25, 0.3) is 0 Å². The Balaban J connectivity index is 2.46. The first-order valence-corrected chi connectivity index (χ1v) is 8.09. The Morgan fingerprint density at radius 3 is 2.19 bits per heavy atom. The lowest BCUT2D eigenvalue weighted by atomic mass is 9.79. The molecule has 1 amide bonds. The Bertz CT molecular complexity index is 346. The van der Waals surface area contributed by atoms with E-state index in [0.29, 0.717) is 0 Å². The fourth-order valence-electron chi connectivity index (χ4n) is 3.48. The zero-order valence-electron chi connectivity index (χ0n) is 13.2. The topological polar surface area (TPSA) is 86.6 Å². The van der Waals surface area contributed by atoms with E-state index in [-0.39, 0.29) is 36.6 Å². The molecule has 0 aromatic heterocycles. The minimum atomic E-state index is -0.832. The SMILES string of the molecule is CCC(CC)C(O)CNC(=O)CC1(CC(=O)O)CCCC1. The molecule has 1 fully saturated rings. The van der Waals surface area contributed by atoms with E-state index in [2.05, 4.69) is 5.32 Å². The number of amides is 1. The van der Waals surface area contributed by atoms with Gasteiger partial charge in [0, 0.05) is 13.0 Å². The zero-order chi connectivity index (χ0) is 15.9. The molecule has 0 bridgehead atoms. The van der Waals surface area contributed by atoms with Gasteiger partial charge in [-0.1, -0.05) is 39.5 Å². The Kier molecular flexibility index (Phi) is 7.15. The monoisotopic (exact) mass is 299 g/mol. The molecule has 1 unspecified atom stereocenters. The first kappa shape index (κ1) is 18.0. The molecule has 21 heavy (non-hydrogen) atoms. The van der Waals surface area contributed by atoms with Crippen molar-refractivity contribution in [3.8, 4) is 0 Å². The lowest BCUT2D eigenvalue weighted by Gasteiger charge is -2.27. The average Bonchev–Trinajstić information content (AvgIpc) is 2.85. The van der Waals surface area contributed by atoms with Crippen LogP contribution in [0.1, 0.15) is 65.2 Å². The average molecular weight is 299 g/mol. The molecule has 0 saturated heterocycles. The Morgan fingerprint density at radius 2 is 1.71 bits per heavy atom. The van der Waals surface area contributed by atoms with E-state index in [9.17, 15) is 14.7 Å². The van der Waals surface area contributed by atoms with Crippen LogP contribution in [0.3, 0.4) is 0 Å². The molecule has 1 aliphatic carbocycles. The van der Waals surface area contributed by atoms with Crippen molar-refractivity contribution < 1.29 is 19.8 Å². The highest BCUT2D eigenvalue weighted by Gasteiger charge is 2.38. The van der Waals surface area contributed by atoms with Gasteiger partial charge in [0.2, 0.25) is 5.91 Å². The summed E-state index contributed by atoms with van der Waals surface area (Å²) in [7, 11) is 0. The highest BCUT2D eigenvalue weighted by Crippen LogP contribution is 2.43. The van der Waals surface area contributed by atoms with Crippen LogP contribution in [0.15, 0.2) is 0 Å². The van der Waals surface area contributed by atoms with E-state index in [0.717, 1.165) is 38.5 Å². The van der Waals surface area contributed by atoms with Crippen LogP contribution in [0.2, 0.25) is 0 Å². The van der Waals surface area contributed by atoms with Crippen molar-refractivity contribution >= 4 is 11.9 Å². The van der Waals surface area contributed by atoms with E-state index in [4.69, 9.17) is 5.11 Å². The van der Waals surface area contributed by atoms with Gasteiger partial charge in [0.1, 0.15) is 0 Å². The Morgan fingerprint density at radius 1 is 1.14 bits per heavy atom. The second-order valence-electron chi connectivity index (χ2n) is 6.40. The maximum absolute atomic E-state index is 12.1. The summed E-state index contributed by atoms with van der Waals surface area (Å²) >= 11 is 0. The number of aliphatic hydroxyl groups is 1. The van der Waals surface area contributed by atoms with Gasteiger partial charge in [-0.25, -0.2) is 0 Å². The van der Waals surface area contributed by atoms with Crippen LogP contribution in [0.25, 0.3) is 0 Å². The second kappa shape index (κ2) is 8.37. The van der Waals surface area contributed by atoms with Crippen LogP contribution in [0.5, 0.6) is 0 Å². The normalized spacial score (nSPS) is 18.7. The van der Waals surface area contributed by atoms with Gasteiger partial charge in [-0.3, -0.25) is 9.59 Å². The predicted molar refractivity (Wildman–Crippen MR) is 80.9 cm³/mol. The standard InChI is InChI=1S/C16H29NO4/c1-3-12(4-2)13(18)11-17-14(19)9-16(10-15(20)21)7-5-6-8-16/h12-13,18H,3-11H2,1-2H3,(H,17,19)(H,20,21). The van der Waals surface area contributed by atoms with Crippen molar-refractivity contribution in [3.63, 3.8) is 0 Å². The molecule has 0 spiro atoms. The summed E-state index contributed by atoms with van der Waals surface area (Å²) in [4.78, 5) is 23.1. The number of rotatable bonds is 9. The third-order valence-corrected chi connectivity index (χ3v) is 4.83. The summed E-state index contributed by atoms with van der Waals surface area (Å²) in [5.74, 6) is -0.769. The van der Waals surface area contributed by atoms with Crippen LogP contribution in [0.4, 0.5) is 0 Å². The van der Waals surface area contributed by atoms with Crippen LogP contribution in [0, 0.1) is 11.3 Å². The predicted octanol–water partition coefficient (Wildman–Crippen LogP) is 2.32. The molecule has 3 N–H and O–H groups in total. The van der Waals surface area contributed by atoms with Gasteiger partial charge >= 0.3 is 5.97 Å². The number of nitrogens with one attached hydrogen (secondary N) is 1. The molecule has 0 radical (unpaired) electrons. The molecule has 0 aliphatic heterocycles. The highest BCUT2D eigenvalue weighted by molar-refractivity contribution is 5.78. The fourth-order valence-corrected chi connectivity index (χ4v) is 3.48. The summed E-state index contributed by atoms with van der Waals surface area (Å²) in [6, 6.07) is 0. The van der Waals surface area contributed by atoms with Crippen molar-refractivity contribution in [1.82, 2.24) is 5.32 Å². The van der Waals surface area contributed by atoms with E-state index in [1.165, 1.54) is 0 Å². The number of hydrogen-bond donors (Lipinski definition) is 3. The summed E-state index contributed by atoms with van der Waals surface area (Å²) in [5, 5.41) is 21.8. The molecule has 122 valence electrons. The smallest absolute Gasteiger partial charge is 0.303 e. The Hall–Kier alpha value is -1.10. The van der Waals surface area contributed by atoms with E-state index >= 15 is 0 Å². The van der Waals surface area contributed by atoms with Gasteiger partial charge in [-0.05, 0) is 24.2 Å². The van der Waals surface area contributed by atoms with Gasteiger partial charge < -0.3 is 15.5 Å². The lowest BCUT2D eigenvalue weighted by Crippen LogP contribution is -2.38. The molecular formula is C16H29NO4. The molecule has 0 aromatic rings. The van der Waals surface area contributed by atoms with Crippen molar-refractivity contribution in [2.75, 3.05) is 6.54 Å². The maximum atomic E-state index is 12.1. The van der Waals surface area contributed by atoms with Gasteiger partial charge in [0.05, 0.1) is 12.5 Å². The van der Waals surface area contributed by atoms with Crippen molar-refractivity contribution in [3.05, 3.63) is 0 Å². The summed E-state index contributed by atoms with van der Waals surface area (Å²) in [5.41, 5.74) is -0.379. The first-order valence-electron chi connectivity index (χ1n) is 8.09. The third-order valence-electron chi connectivity index (χ3n) is 4.83. The Labute approximate surface area is 127 Å². The van der Waals surface area contributed by atoms with Crippen molar-refractivity contribution in [2.24, 2.45) is 11.3 Å². The molecular weight excluding hydrogens is 270 g/mol. The third kappa shape index (κ3) is 5.65. The number of carbonyl (C=O) groups excluding carboxylic acids is 1. The molecule has 1 rings (SSSR count). The number of carbonyl (C=O) groups is 2. The maximum Gasteiger partial charge on any atom is 0.303 e. The van der Waals surface area contributed by atoms with Gasteiger partial charge in [-0.15, -0.1) is 0 Å². The van der Waals surface area contributed by atoms with Gasteiger partial charge in [0.15, 0.2) is 0 Å². The molecule has 5 nitrogen and oxygen atoms in total. The highest BCUT2D eigenvalue weighted by atomic mass is 16.4. The van der Waals surface area contributed by atoms with Crippen LogP contribution in [-0.2, 0) is 9.59 Å². The molecule has 5 heteroatoms. The molecule has 1 atom stereocenters. The van der Waals surface area contributed by atoms with Gasteiger partial charge in [-0.2, -0.15) is 0 Å². The summed E-state index contributed by atoms with van der Waals surface area (Å²) in [6.07, 6.45) is 5.18. The van der Waals surface area contributed by atoms with Crippen molar-refractivity contribution in [2.45, 2.75) is 71.3 Å². The van der Waals surface area contributed by atoms with E-state index in [1.807, 2.05) is 13.8 Å². The second-order valence-corrected chi connectivity index (χ2v) is 6.40. The quantitative estimate of drug-likeness (QED) is 0.610. The van der Waals surface area contributed by atoms with Crippen molar-refractivity contribution in [1.29, 1.82) is 0 Å². The lowest BCUT2D eigenvalue weighted by molar-refractivity contribution is -0.140. The number of hydrogen-bond acceptors (Lipinski definition) is 3. The minimum absolute atomic E-state index is 0.0650. The summed E-state index contributed by atoms with van der Waals surface area (Å²) in [6.45, 7) is 4.31. The molecule has 0 heterocycles. The van der Waals surface area contributed by atoms with Crippen LogP contribution >= 0.6 is 0 Å².